The van der Waals surface area contributed by atoms with Crippen LogP contribution in [0.3, 0.4) is 0 Å². The summed E-state index contributed by atoms with van der Waals surface area (Å²) in [6, 6.07) is -0.0942. The summed E-state index contributed by atoms with van der Waals surface area (Å²) < 4.78 is 0. The lowest BCUT2D eigenvalue weighted by molar-refractivity contribution is -0.137. The summed E-state index contributed by atoms with van der Waals surface area (Å²) in [6.45, 7) is 2.58. The van der Waals surface area contributed by atoms with Gasteiger partial charge in [-0.05, 0) is 45.2 Å². The first kappa shape index (κ1) is 14.1. The van der Waals surface area contributed by atoms with E-state index in [2.05, 4.69) is 17.3 Å². The smallest absolute Gasteiger partial charge is 0.323 e. The number of nitrogens with one attached hydrogen (secondary N) is 1. The van der Waals surface area contributed by atoms with Gasteiger partial charge in [0.15, 0.2) is 0 Å². The van der Waals surface area contributed by atoms with E-state index in [1.807, 2.05) is 0 Å². The van der Waals surface area contributed by atoms with Crippen molar-refractivity contribution in [3.05, 3.63) is 0 Å². The van der Waals surface area contributed by atoms with Crippen molar-refractivity contribution in [3.8, 4) is 0 Å². The van der Waals surface area contributed by atoms with Crippen LogP contribution in [0.15, 0.2) is 0 Å². The van der Waals surface area contributed by atoms with Crippen LogP contribution in [0, 0.1) is 5.92 Å². The Morgan fingerprint density at radius 3 is 2.68 bits per heavy atom. The van der Waals surface area contributed by atoms with Crippen LogP contribution in [-0.4, -0.2) is 66.2 Å². The molecule has 1 heterocycles. The molecule has 2 amide bonds. The molecule has 0 aromatic heterocycles. The molecule has 2 rings (SSSR count). The molecule has 0 aromatic carbocycles. The Labute approximate surface area is 113 Å². The molecule has 0 aromatic rings. The number of carboxylic acid groups (broad SMARTS) is 1. The van der Waals surface area contributed by atoms with Gasteiger partial charge in [-0.2, -0.15) is 0 Å². The first-order valence-electron chi connectivity index (χ1n) is 7.01. The van der Waals surface area contributed by atoms with Gasteiger partial charge in [-0.25, -0.2) is 4.79 Å². The summed E-state index contributed by atoms with van der Waals surface area (Å²) in [6.07, 6.45) is 4.14. The number of hydrogen-bond donors (Lipinski definition) is 2. The first-order chi connectivity index (χ1) is 9.06. The van der Waals surface area contributed by atoms with E-state index in [1.165, 1.54) is 11.3 Å². The Hall–Kier alpha value is -1.30. The molecule has 19 heavy (non-hydrogen) atoms. The maximum atomic E-state index is 12.0. The lowest BCUT2D eigenvalue weighted by Gasteiger charge is -2.30. The van der Waals surface area contributed by atoms with Gasteiger partial charge in [-0.1, -0.05) is 0 Å². The van der Waals surface area contributed by atoms with Crippen LogP contribution in [0.25, 0.3) is 0 Å². The maximum absolute atomic E-state index is 12.0. The highest BCUT2D eigenvalue weighted by atomic mass is 16.4. The number of urea groups is 1. The van der Waals surface area contributed by atoms with E-state index in [0.29, 0.717) is 12.5 Å². The fourth-order valence-electron chi connectivity index (χ4n) is 2.67. The number of carboxylic acids is 1. The number of nitrogens with zero attached hydrogens (tertiary/aromatic N) is 2. The van der Waals surface area contributed by atoms with Crippen molar-refractivity contribution in [2.24, 2.45) is 5.92 Å². The number of likely N-dealkylation sites (tertiary alicyclic amines) is 1. The molecular formula is C13H23N3O3. The highest BCUT2D eigenvalue weighted by molar-refractivity contribution is 5.80. The summed E-state index contributed by atoms with van der Waals surface area (Å²) in [5, 5.41) is 11.7. The standard InChI is InChI=1S/C13H23N3O3/c1-15-6-2-3-10(8-15)7-14-13(19)16(9-12(17)18)11-4-5-11/h10-11H,2-9H2,1H3,(H,14,19)(H,17,18). The molecule has 1 aliphatic heterocycles. The van der Waals surface area contributed by atoms with E-state index in [0.717, 1.165) is 32.4 Å². The van der Waals surface area contributed by atoms with E-state index in [-0.39, 0.29) is 18.6 Å². The molecule has 1 atom stereocenters. The monoisotopic (exact) mass is 269 g/mol. The van der Waals surface area contributed by atoms with Gasteiger partial charge in [-0.3, -0.25) is 4.79 Å². The summed E-state index contributed by atoms with van der Waals surface area (Å²) in [5.74, 6) is -0.465. The Bertz CT molecular complexity index is 344. The number of carbonyl (C=O) groups excluding carboxylic acids is 1. The maximum Gasteiger partial charge on any atom is 0.323 e. The predicted molar refractivity (Wildman–Crippen MR) is 71.0 cm³/mol. The van der Waals surface area contributed by atoms with Crippen molar-refractivity contribution in [2.45, 2.75) is 31.7 Å². The zero-order valence-electron chi connectivity index (χ0n) is 11.5. The molecule has 2 N–H and O–H groups in total. The largest absolute Gasteiger partial charge is 0.480 e. The van der Waals surface area contributed by atoms with E-state index in [1.54, 1.807) is 0 Å². The zero-order valence-corrected chi connectivity index (χ0v) is 11.5. The number of piperidine rings is 1. The number of rotatable bonds is 5. The molecule has 108 valence electrons. The van der Waals surface area contributed by atoms with Gasteiger partial charge < -0.3 is 20.2 Å². The van der Waals surface area contributed by atoms with Gasteiger partial charge in [0.05, 0.1) is 0 Å². The molecular weight excluding hydrogens is 246 g/mol. The van der Waals surface area contributed by atoms with E-state index < -0.39 is 5.97 Å². The third-order valence-corrected chi connectivity index (χ3v) is 3.82. The van der Waals surface area contributed by atoms with Crippen LogP contribution in [0.5, 0.6) is 0 Å². The van der Waals surface area contributed by atoms with Crippen molar-refractivity contribution in [1.82, 2.24) is 15.1 Å². The lowest BCUT2D eigenvalue weighted by atomic mass is 9.99. The summed E-state index contributed by atoms with van der Waals surface area (Å²) in [4.78, 5) is 26.5. The van der Waals surface area contributed by atoms with E-state index in [4.69, 9.17) is 5.11 Å². The van der Waals surface area contributed by atoms with Gasteiger partial charge in [0, 0.05) is 19.1 Å². The summed E-state index contributed by atoms with van der Waals surface area (Å²) >= 11 is 0. The minimum Gasteiger partial charge on any atom is -0.480 e. The molecule has 1 unspecified atom stereocenters. The minimum absolute atomic E-state index is 0.130. The van der Waals surface area contributed by atoms with Crippen LogP contribution in [-0.2, 0) is 4.79 Å². The Morgan fingerprint density at radius 1 is 1.37 bits per heavy atom. The lowest BCUT2D eigenvalue weighted by Crippen LogP contribution is -2.47. The average Bonchev–Trinajstić information content (AvgIpc) is 3.17. The molecule has 6 heteroatoms. The van der Waals surface area contributed by atoms with E-state index in [9.17, 15) is 9.59 Å². The van der Waals surface area contributed by atoms with Crippen LogP contribution >= 0.6 is 0 Å². The van der Waals surface area contributed by atoms with Gasteiger partial charge in [0.2, 0.25) is 0 Å². The number of carbonyl (C=O) groups is 2. The third-order valence-electron chi connectivity index (χ3n) is 3.82. The second-order valence-electron chi connectivity index (χ2n) is 5.71. The normalized spacial score (nSPS) is 23.9. The number of amides is 2. The molecule has 1 saturated heterocycles. The molecule has 1 aliphatic carbocycles. The van der Waals surface area contributed by atoms with Crippen LogP contribution < -0.4 is 5.32 Å². The van der Waals surface area contributed by atoms with Crippen molar-refractivity contribution >= 4 is 12.0 Å². The number of hydrogen-bond acceptors (Lipinski definition) is 3. The molecule has 0 spiro atoms. The summed E-state index contributed by atoms with van der Waals surface area (Å²) in [7, 11) is 2.09. The fraction of sp³-hybridized carbons (Fsp3) is 0.846. The topological polar surface area (TPSA) is 72.9 Å². The van der Waals surface area contributed by atoms with Crippen LogP contribution in [0.4, 0.5) is 4.79 Å². The Morgan fingerprint density at radius 2 is 2.11 bits per heavy atom. The highest BCUT2D eigenvalue weighted by Crippen LogP contribution is 2.26. The Balaban J connectivity index is 1.77. The molecule has 0 radical (unpaired) electrons. The second-order valence-corrected chi connectivity index (χ2v) is 5.71. The van der Waals surface area contributed by atoms with E-state index >= 15 is 0 Å². The van der Waals surface area contributed by atoms with Crippen LogP contribution in [0.2, 0.25) is 0 Å². The summed E-state index contributed by atoms with van der Waals surface area (Å²) in [5.41, 5.74) is 0. The average molecular weight is 269 g/mol. The van der Waals surface area contributed by atoms with Gasteiger partial charge >= 0.3 is 12.0 Å². The van der Waals surface area contributed by atoms with Gasteiger partial charge in [-0.15, -0.1) is 0 Å². The third kappa shape index (κ3) is 4.38. The van der Waals surface area contributed by atoms with Gasteiger partial charge in [0.25, 0.3) is 0 Å². The van der Waals surface area contributed by atoms with Crippen LogP contribution in [0.1, 0.15) is 25.7 Å². The van der Waals surface area contributed by atoms with Crippen molar-refractivity contribution in [2.75, 3.05) is 33.2 Å². The quantitative estimate of drug-likeness (QED) is 0.766. The minimum atomic E-state index is -0.945. The SMILES string of the molecule is CN1CCCC(CNC(=O)N(CC(=O)O)C2CC2)C1. The zero-order chi connectivity index (χ0) is 13.8. The molecule has 2 aliphatic rings. The first-order valence-corrected chi connectivity index (χ1v) is 7.01. The predicted octanol–water partition coefficient (Wildman–Crippen LogP) is 0.587. The highest BCUT2D eigenvalue weighted by Gasteiger charge is 2.34. The fourth-order valence-corrected chi connectivity index (χ4v) is 2.67. The molecule has 0 bridgehead atoms. The second kappa shape index (κ2) is 6.23. The van der Waals surface area contributed by atoms with Gasteiger partial charge in [0.1, 0.15) is 6.54 Å². The number of aliphatic carboxylic acids is 1. The molecule has 1 saturated carbocycles. The molecule has 2 fully saturated rings. The van der Waals surface area contributed by atoms with Crippen molar-refractivity contribution in [1.29, 1.82) is 0 Å². The molecule has 6 nitrogen and oxygen atoms in total. The Kier molecular flexibility index (Phi) is 4.63. The van der Waals surface area contributed by atoms with Crippen molar-refractivity contribution in [3.63, 3.8) is 0 Å². The van der Waals surface area contributed by atoms with Crippen molar-refractivity contribution < 1.29 is 14.7 Å².